The van der Waals surface area contributed by atoms with E-state index in [1.807, 2.05) is 17.5 Å². The van der Waals surface area contributed by atoms with E-state index in [-0.39, 0.29) is 0 Å². The average molecular weight is 325 g/mol. The summed E-state index contributed by atoms with van der Waals surface area (Å²) in [6.07, 6.45) is 2.46. The van der Waals surface area contributed by atoms with Crippen LogP contribution >= 0.6 is 22.9 Å². The van der Waals surface area contributed by atoms with Gasteiger partial charge in [0.1, 0.15) is 6.61 Å². The molecule has 1 heterocycles. The van der Waals surface area contributed by atoms with Gasteiger partial charge in [-0.25, -0.2) is 4.79 Å². The lowest BCUT2D eigenvalue weighted by atomic mass is 10.1. The van der Waals surface area contributed by atoms with Crippen LogP contribution in [0, 0.1) is 0 Å². The lowest BCUT2D eigenvalue weighted by molar-refractivity contribution is -0.131. The Bertz CT molecular complexity index is 650. The van der Waals surface area contributed by atoms with Crippen molar-refractivity contribution in [1.82, 2.24) is 0 Å². The second-order valence-corrected chi connectivity index (χ2v) is 5.53. The third-order valence-corrected chi connectivity index (χ3v) is 3.68. The van der Waals surface area contributed by atoms with Gasteiger partial charge in [0, 0.05) is 27.6 Å². The minimum Gasteiger partial charge on any atom is -0.493 e. The Balaban J connectivity index is 2.32. The van der Waals surface area contributed by atoms with E-state index in [0.29, 0.717) is 28.7 Å². The predicted octanol–water partition coefficient (Wildman–Crippen LogP) is 4.09. The van der Waals surface area contributed by atoms with E-state index < -0.39 is 5.97 Å². The zero-order chi connectivity index (χ0) is 15.2. The lowest BCUT2D eigenvalue weighted by Gasteiger charge is -2.13. The van der Waals surface area contributed by atoms with E-state index in [2.05, 4.69) is 0 Å². The van der Waals surface area contributed by atoms with Gasteiger partial charge in [0.25, 0.3) is 0 Å². The molecule has 0 saturated heterocycles. The van der Waals surface area contributed by atoms with Crippen molar-refractivity contribution >= 4 is 35.0 Å². The van der Waals surface area contributed by atoms with Crippen LogP contribution in [0.25, 0.3) is 6.08 Å². The summed E-state index contributed by atoms with van der Waals surface area (Å²) in [5.41, 5.74) is 0.554. The molecule has 0 saturated carbocycles. The molecule has 0 aliphatic carbocycles. The molecule has 0 atom stereocenters. The van der Waals surface area contributed by atoms with Gasteiger partial charge in [-0.3, -0.25) is 0 Å². The quantitative estimate of drug-likeness (QED) is 0.813. The first-order chi connectivity index (χ1) is 10.1. The fourth-order valence-electron chi connectivity index (χ4n) is 1.72. The van der Waals surface area contributed by atoms with Crippen molar-refractivity contribution in [1.29, 1.82) is 0 Å². The molecule has 0 aliphatic heterocycles. The third kappa shape index (κ3) is 4.24. The first-order valence-electron chi connectivity index (χ1n) is 6.04. The molecule has 0 fully saturated rings. The maximum absolute atomic E-state index is 10.7. The van der Waals surface area contributed by atoms with Gasteiger partial charge in [0.2, 0.25) is 0 Å². The van der Waals surface area contributed by atoms with Gasteiger partial charge in [-0.2, -0.15) is 0 Å². The molecule has 0 aliphatic rings. The number of hydrogen-bond donors (Lipinski definition) is 1. The SMILES string of the molecule is COc1cc(Cl)cc(/C=C/C(=O)O)c1OCc1cccs1. The Morgan fingerprint density at radius 1 is 1.48 bits per heavy atom. The number of rotatable bonds is 6. The zero-order valence-corrected chi connectivity index (χ0v) is 12.8. The summed E-state index contributed by atoms with van der Waals surface area (Å²) < 4.78 is 11.0. The summed E-state index contributed by atoms with van der Waals surface area (Å²) in [5, 5.41) is 11.2. The van der Waals surface area contributed by atoms with Gasteiger partial charge in [-0.1, -0.05) is 17.7 Å². The van der Waals surface area contributed by atoms with Gasteiger partial charge in [-0.05, 0) is 23.6 Å². The number of halogens is 1. The van der Waals surface area contributed by atoms with Crippen LogP contribution in [-0.4, -0.2) is 18.2 Å². The molecule has 6 heteroatoms. The monoisotopic (exact) mass is 324 g/mol. The Morgan fingerprint density at radius 3 is 2.90 bits per heavy atom. The van der Waals surface area contributed by atoms with Crippen LogP contribution in [0.15, 0.2) is 35.7 Å². The van der Waals surface area contributed by atoms with E-state index in [1.54, 1.807) is 23.5 Å². The summed E-state index contributed by atoms with van der Waals surface area (Å²) in [6, 6.07) is 7.16. The van der Waals surface area contributed by atoms with Crippen molar-refractivity contribution in [2.24, 2.45) is 0 Å². The van der Waals surface area contributed by atoms with Crippen molar-refractivity contribution in [3.05, 3.63) is 51.2 Å². The predicted molar refractivity (Wildman–Crippen MR) is 83.3 cm³/mol. The largest absolute Gasteiger partial charge is 0.493 e. The number of benzene rings is 1. The molecule has 0 radical (unpaired) electrons. The van der Waals surface area contributed by atoms with E-state index in [0.717, 1.165) is 11.0 Å². The fourth-order valence-corrected chi connectivity index (χ4v) is 2.55. The van der Waals surface area contributed by atoms with Crippen LogP contribution in [0.2, 0.25) is 5.02 Å². The minimum atomic E-state index is -1.04. The van der Waals surface area contributed by atoms with Gasteiger partial charge in [0.15, 0.2) is 11.5 Å². The number of thiophene rings is 1. The molecule has 2 rings (SSSR count). The Hall–Kier alpha value is -1.98. The summed E-state index contributed by atoms with van der Waals surface area (Å²) in [6.45, 7) is 0.379. The van der Waals surface area contributed by atoms with Gasteiger partial charge in [-0.15, -0.1) is 11.3 Å². The molecule has 4 nitrogen and oxygen atoms in total. The van der Waals surface area contributed by atoms with Crippen molar-refractivity contribution in [3.8, 4) is 11.5 Å². The molecule has 0 unspecified atom stereocenters. The normalized spacial score (nSPS) is 10.8. The number of aliphatic carboxylic acids is 1. The smallest absolute Gasteiger partial charge is 0.328 e. The Morgan fingerprint density at radius 2 is 2.29 bits per heavy atom. The van der Waals surface area contributed by atoms with E-state index >= 15 is 0 Å². The van der Waals surface area contributed by atoms with Crippen molar-refractivity contribution in [3.63, 3.8) is 0 Å². The van der Waals surface area contributed by atoms with Gasteiger partial charge < -0.3 is 14.6 Å². The first-order valence-corrected chi connectivity index (χ1v) is 7.29. The maximum Gasteiger partial charge on any atom is 0.328 e. The molecular formula is C15H13ClO4S. The second-order valence-electron chi connectivity index (χ2n) is 4.07. The average Bonchev–Trinajstić information content (AvgIpc) is 2.96. The summed E-state index contributed by atoms with van der Waals surface area (Å²) in [5.74, 6) is -0.116. The molecule has 0 amide bonds. The van der Waals surface area contributed by atoms with Crippen LogP contribution in [0.3, 0.4) is 0 Å². The van der Waals surface area contributed by atoms with Crippen LogP contribution < -0.4 is 9.47 Å². The number of hydrogen-bond acceptors (Lipinski definition) is 4. The molecule has 2 aromatic rings. The van der Waals surface area contributed by atoms with Gasteiger partial charge >= 0.3 is 5.97 Å². The fraction of sp³-hybridized carbons (Fsp3) is 0.133. The highest BCUT2D eigenvalue weighted by Crippen LogP contribution is 2.36. The molecule has 110 valence electrons. The third-order valence-electron chi connectivity index (χ3n) is 2.61. The van der Waals surface area contributed by atoms with Crippen molar-refractivity contribution < 1.29 is 19.4 Å². The maximum atomic E-state index is 10.7. The molecule has 1 aromatic heterocycles. The second kappa shape index (κ2) is 7.15. The van der Waals surface area contributed by atoms with E-state index in [4.69, 9.17) is 26.2 Å². The minimum absolute atomic E-state index is 0.379. The molecule has 0 bridgehead atoms. The van der Waals surface area contributed by atoms with Crippen molar-refractivity contribution in [2.75, 3.05) is 7.11 Å². The Labute approximate surface area is 131 Å². The summed E-state index contributed by atoms with van der Waals surface area (Å²) >= 11 is 7.58. The highest BCUT2D eigenvalue weighted by molar-refractivity contribution is 7.09. The number of ether oxygens (including phenoxy) is 2. The molecule has 0 spiro atoms. The molecular weight excluding hydrogens is 312 g/mol. The highest BCUT2D eigenvalue weighted by Gasteiger charge is 2.12. The van der Waals surface area contributed by atoms with E-state index in [9.17, 15) is 4.79 Å². The van der Waals surface area contributed by atoms with Crippen LogP contribution in [-0.2, 0) is 11.4 Å². The molecule has 1 aromatic carbocycles. The molecule has 1 N–H and O–H groups in total. The van der Waals surface area contributed by atoms with Gasteiger partial charge in [0.05, 0.1) is 7.11 Å². The zero-order valence-electron chi connectivity index (χ0n) is 11.2. The summed E-state index contributed by atoms with van der Waals surface area (Å²) in [4.78, 5) is 11.7. The number of carbonyl (C=O) groups is 1. The molecule has 21 heavy (non-hydrogen) atoms. The Kier molecular flexibility index (Phi) is 5.25. The van der Waals surface area contributed by atoms with Crippen molar-refractivity contribution in [2.45, 2.75) is 6.61 Å². The first kappa shape index (κ1) is 15.4. The topological polar surface area (TPSA) is 55.8 Å². The number of carboxylic acid groups (broad SMARTS) is 1. The highest BCUT2D eigenvalue weighted by atomic mass is 35.5. The standard InChI is InChI=1S/C15H13ClO4S/c1-19-13-8-11(16)7-10(4-5-14(17)18)15(13)20-9-12-3-2-6-21-12/h2-8H,9H2,1H3,(H,17,18)/b5-4+. The number of methoxy groups -OCH3 is 1. The summed E-state index contributed by atoms with van der Waals surface area (Å²) in [7, 11) is 1.51. The lowest BCUT2D eigenvalue weighted by Crippen LogP contribution is -1.99. The van der Waals surface area contributed by atoms with Crippen LogP contribution in [0.4, 0.5) is 0 Å². The number of carboxylic acids is 1. The van der Waals surface area contributed by atoms with E-state index in [1.165, 1.54) is 13.2 Å². The van der Waals surface area contributed by atoms with Crippen LogP contribution in [0.5, 0.6) is 11.5 Å². The van der Waals surface area contributed by atoms with Crippen LogP contribution in [0.1, 0.15) is 10.4 Å².